The summed E-state index contributed by atoms with van der Waals surface area (Å²) in [6, 6.07) is 5.12. The number of halogens is 1. The molecule has 16 heavy (non-hydrogen) atoms. The Balaban J connectivity index is 2.52. The summed E-state index contributed by atoms with van der Waals surface area (Å²) in [4.78, 5) is 0. The summed E-state index contributed by atoms with van der Waals surface area (Å²) in [5, 5.41) is 0. The highest BCUT2D eigenvalue weighted by Gasteiger charge is 2.07. The van der Waals surface area contributed by atoms with E-state index >= 15 is 0 Å². The lowest BCUT2D eigenvalue weighted by Gasteiger charge is -2.14. The number of hydrogen-bond donors (Lipinski definition) is 1. The maximum absolute atomic E-state index is 12.9. The van der Waals surface area contributed by atoms with Crippen molar-refractivity contribution < 1.29 is 4.39 Å². The Morgan fingerprint density at radius 2 is 1.94 bits per heavy atom. The quantitative estimate of drug-likeness (QED) is 0.813. The van der Waals surface area contributed by atoms with Gasteiger partial charge in [0, 0.05) is 6.04 Å². The van der Waals surface area contributed by atoms with Gasteiger partial charge in [-0.15, -0.1) is 0 Å². The van der Waals surface area contributed by atoms with Crippen LogP contribution in [-0.4, -0.2) is 6.04 Å². The average Bonchev–Trinajstić information content (AvgIpc) is 2.19. The summed E-state index contributed by atoms with van der Waals surface area (Å²) < 4.78 is 12.9. The highest BCUT2D eigenvalue weighted by atomic mass is 19.1. The minimum absolute atomic E-state index is 0.169. The van der Waals surface area contributed by atoms with Crippen molar-refractivity contribution in [3.8, 4) is 0 Å². The predicted octanol–water partition coefficient (Wildman–Crippen LogP) is 3.44. The van der Waals surface area contributed by atoms with Crippen molar-refractivity contribution in [1.82, 2.24) is 0 Å². The lowest BCUT2D eigenvalue weighted by atomic mass is 9.96. The van der Waals surface area contributed by atoms with Crippen LogP contribution in [0, 0.1) is 18.7 Å². The standard InChI is InChI=1S/C14H22FN/c1-10(2)4-7-14(16)9-12-5-6-13(15)8-11(12)3/h5-6,8,10,14H,4,7,9,16H2,1-3H3. The zero-order valence-corrected chi connectivity index (χ0v) is 10.5. The van der Waals surface area contributed by atoms with E-state index in [9.17, 15) is 4.39 Å². The predicted molar refractivity (Wildman–Crippen MR) is 66.9 cm³/mol. The van der Waals surface area contributed by atoms with Gasteiger partial charge in [-0.25, -0.2) is 4.39 Å². The highest BCUT2D eigenvalue weighted by Crippen LogP contribution is 2.14. The van der Waals surface area contributed by atoms with Crippen LogP contribution in [0.15, 0.2) is 18.2 Å². The van der Waals surface area contributed by atoms with E-state index in [0.717, 1.165) is 30.4 Å². The SMILES string of the molecule is Cc1cc(F)ccc1CC(N)CCC(C)C. The van der Waals surface area contributed by atoms with Gasteiger partial charge in [0.1, 0.15) is 5.82 Å². The van der Waals surface area contributed by atoms with Crippen LogP contribution in [0.4, 0.5) is 4.39 Å². The second kappa shape index (κ2) is 6.00. The smallest absolute Gasteiger partial charge is 0.123 e. The molecule has 0 saturated carbocycles. The van der Waals surface area contributed by atoms with E-state index < -0.39 is 0 Å². The van der Waals surface area contributed by atoms with Crippen LogP contribution in [-0.2, 0) is 6.42 Å². The third-order valence-electron chi connectivity index (χ3n) is 2.90. The summed E-state index contributed by atoms with van der Waals surface area (Å²) in [5.74, 6) is 0.525. The topological polar surface area (TPSA) is 26.0 Å². The molecular weight excluding hydrogens is 201 g/mol. The Bertz CT molecular complexity index is 334. The molecule has 90 valence electrons. The van der Waals surface area contributed by atoms with E-state index in [0.29, 0.717) is 5.92 Å². The Hall–Kier alpha value is -0.890. The third kappa shape index (κ3) is 4.31. The van der Waals surface area contributed by atoms with Crippen molar-refractivity contribution >= 4 is 0 Å². The van der Waals surface area contributed by atoms with Crippen LogP contribution in [0.2, 0.25) is 0 Å². The molecule has 2 N–H and O–H groups in total. The first-order chi connectivity index (χ1) is 7.49. The molecule has 1 aromatic rings. The van der Waals surface area contributed by atoms with Gasteiger partial charge in [-0.05, 0) is 55.4 Å². The molecule has 2 heteroatoms. The highest BCUT2D eigenvalue weighted by molar-refractivity contribution is 5.27. The zero-order chi connectivity index (χ0) is 12.1. The van der Waals surface area contributed by atoms with Gasteiger partial charge in [0.15, 0.2) is 0 Å². The maximum atomic E-state index is 12.9. The van der Waals surface area contributed by atoms with Crippen molar-refractivity contribution in [2.75, 3.05) is 0 Å². The van der Waals surface area contributed by atoms with E-state index in [-0.39, 0.29) is 11.9 Å². The van der Waals surface area contributed by atoms with Gasteiger partial charge in [0.25, 0.3) is 0 Å². The van der Waals surface area contributed by atoms with E-state index in [1.54, 1.807) is 6.07 Å². The molecule has 1 unspecified atom stereocenters. The Labute approximate surface area is 97.9 Å². The molecule has 0 saturated heterocycles. The van der Waals surface area contributed by atoms with Gasteiger partial charge in [0.05, 0.1) is 0 Å². The van der Waals surface area contributed by atoms with Crippen molar-refractivity contribution in [2.24, 2.45) is 11.7 Å². The largest absolute Gasteiger partial charge is 0.327 e. The van der Waals surface area contributed by atoms with Crippen molar-refractivity contribution in [1.29, 1.82) is 0 Å². The van der Waals surface area contributed by atoms with Gasteiger partial charge in [-0.1, -0.05) is 19.9 Å². The van der Waals surface area contributed by atoms with Crippen LogP contribution >= 0.6 is 0 Å². The molecule has 0 fully saturated rings. The van der Waals surface area contributed by atoms with E-state index in [2.05, 4.69) is 13.8 Å². The molecule has 0 aliphatic rings. The third-order valence-corrected chi connectivity index (χ3v) is 2.90. The Morgan fingerprint density at radius 1 is 1.25 bits per heavy atom. The summed E-state index contributed by atoms with van der Waals surface area (Å²) in [6.45, 7) is 6.35. The molecular formula is C14H22FN. The second-order valence-corrected chi connectivity index (χ2v) is 5.01. The number of hydrogen-bond acceptors (Lipinski definition) is 1. The van der Waals surface area contributed by atoms with Crippen LogP contribution in [0.25, 0.3) is 0 Å². The number of nitrogens with two attached hydrogens (primary N) is 1. The van der Waals surface area contributed by atoms with E-state index in [1.807, 2.05) is 13.0 Å². The minimum atomic E-state index is -0.169. The normalized spacial score (nSPS) is 13.1. The Kier molecular flexibility index (Phi) is 4.94. The Morgan fingerprint density at radius 3 is 2.50 bits per heavy atom. The molecule has 0 spiro atoms. The fraction of sp³-hybridized carbons (Fsp3) is 0.571. The van der Waals surface area contributed by atoms with Crippen LogP contribution in [0.1, 0.15) is 37.8 Å². The molecule has 0 aliphatic carbocycles. The number of benzene rings is 1. The molecule has 1 nitrogen and oxygen atoms in total. The first kappa shape index (κ1) is 13.2. The zero-order valence-electron chi connectivity index (χ0n) is 10.5. The van der Waals surface area contributed by atoms with Gasteiger partial charge >= 0.3 is 0 Å². The number of aryl methyl sites for hydroxylation is 1. The second-order valence-electron chi connectivity index (χ2n) is 5.01. The van der Waals surface area contributed by atoms with Crippen LogP contribution < -0.4 is 5.73 Å². The van der Waals surface area contributed by atoms with Gasteiger partial charge in [-0.3, -0.25) is 0 Å². The molecule has 0 aliphatic heterocycles. The molecule has 1 rings (SSSR count). The van der Waals surface area contributed by atoms with Crippen LogP contribution in [0.3, 0.4) is 0 Å². The average molecular weight is 223 g/mol. The van der Waals surface area contributed by atoms with Crippen molar-refractivity contribution in [3.63, 3.8) is 0 Å². The molecule has 0 radical (unpaired) electrons. The molecule has 0 amide bonds. The number of rotatable bonds is 5. The van der Waals surface area contributed by atoms with Crippen molar-refractivity contribution in [3.05, 3.63) is 35.1 Å². The van der Waals surface area contributed by atoms with E-state index in [4.69, 9.17) is 5.73 Å². The summed E-state index contributed by atoms with van der Waals surface area (Å²) in [7, 11) is 0. The first-order valence-electron chi connectivity index (χ1n) is 5.99. The fourth-order valence-electron chi connectivity index (χ4n) is 1.82. The van der Waals surface area contributed by atoms with Gasteiger partial charge < -0.3 is 5.73 Å². The molecule has 0 aromatic heterocycles. The van der Waals surface area contributed by atoms with Crippen LogP contribution in [0.5, 0.6) is 0 Å². The van der Waals surface area contributed by atoms with E-state index in [1.165, 1.54) is 6.07 Å². The van der Waals surface area contributed by atoms with Gasteiger partial charge in [0.2, 0.25) is 0 Å². The fourth-order valence-corrected chi connectivity index (χ4v) is 1.82. The maximum Gasteiger partial charge on any atom is 0.123 e. The molecule has 1 atom stereocenters. The van der Waals surface area contributed by atoms with Crippen molar-refractivity contribution in [2.45, 2.75) is 46.1 Å². The monoisotopic (exact) mass is 223 g/mol. The summed E-state index contributed by atoms with van der Waals surface area (Å²) in [6.07, 6.45) is 3.04. The lowest BCUT2D eigenvalue weighted by Crippen LogP contribution is -2.23. The minimum Gasteiger partial charge on any atom is -0.327 e. The first-order valence-corrected chi connectivity index (χ1v) is 5.99. The molecule has 1 aromatic carbocycles. The summed E-state index contributed by atoms with van der Waals surface area (Å²) >= 11 is 0. The molecule has 0 heterocycles. The molecule has 0 bridgehead atoms. The van der Waals surface area contributed by atoms with Gasteiger partial charge in [-0.2, -0.15) is 0 Å². The lowest BCUT2D eigenvalue weighted by molar-refractivity contribution is 0.494. The summed E-state index contributed by atoms with van der Waals surface area (Å²) in [5.41, 5.74) is 8.23.